The number of sulfone groups is 1. The summed E-state index contributed by atoms with van der Waals surface area (Å²) in [6.07, 6.45) is 0.827. The van der Waals surface area contributed by atoms with Crippen molar-refractivity contribution in [3.8, 4) is 11.5 Å². The zero-order chi connectivity index (χ0) is 20.1. The number of benzene rings is 2. The maximum atomic E-state index is 12.9. The summed E-state index contributed by atoms with van der Waals surface area (Å²) in [6, 6.07) is 13.6. The molecule has 1 heterocycles. The van der Waals surface area contributed by atoms with Gasteiger partial charge in [0.05, 0.1) is 29.4 Å². The van der Waals surface area contributed by atoms with Crippen LogP contribution in [0.5, 0.6) is 11.5 Å². The molecule has 0 unspecified atom stereocenters. The lowest BCUT2D eigenvalue weighted by molar-refractivity contribution is 0.0721. The molecule has 0 atom stereocenters. The quantitative estimate of drug-likeness (QED) is 0.741. The predicted molar refractivity (Wildman–Crippen MR) is 107 cm³/mol. The highest BCUT2D eigenvalue weighted by molar-refractivity contribution is 7.92. The van der Waals surface area contributed by atoms with Gasteiger partial charge < -0.3 is 14.4 Å². The van der Waals surface area contributed by atoms with Gasteiger partial charge in [-0.1, -0.05) is 12.1 Å². The third kappa shape index (κ3) is 4.14. The van der Waals surface area contributed by atoms with Crippen molar-refractivity contribution in [1.82, 2.24) is 4.90 Å². The van der Waals surface area contributed by atoms with Crippen LogP contribution in [-0.2, 0) is 9.84 Å². The molecule has 1 saturated heterocycles. The van der Waals surface area contributed by atoms with Crippen LogP contribution in [0.2, 0.25) is 0 Å². The smallest absolute Gasteiger partial charge is 0.257 e. The maximum Gasteiger partial charge on any atom is 0.257 e. The van der Waals surface area contributed by atoms with Crippen molar-refractivity contribution in [1.29, 1.82) is 0 Å². The average Bonchev–Trinajstić information content (AvgIpc) is 2.74. The monoisotopic (exact) mass is 403 g/mol. The molecule has 0 N–H and O–H groups in total. The van der Waals surface area contributed by atoms with Gasteiger partial charge in [-0.05, 0) is 56.2 Å². The van der Waals surface area contributed by atoms with Gasteiger partial charge in [0.25, 0.3) is 5.91 Å². The molecule has 0 saturated carbocycles. The number of carbonyl (C=O) groups is 1. The Kier molecular flexibility index (Phi) is 6.24. The summed E-state index contributed by atoms with van der Waals surface area (Å²) >= 11 is 0. The number of nitrogens with zero attached hydrogens (tertiary/aromatic N) is 1. The highest BCUT2D eigenvalue weighted by atomic mass is 32.2. The summed E-state index contributed by atoms with van der Waals surface area (Å²) in [4.78, 5) is 14.9. The lowest BCUT2D eigenvalue weighted by Gasteiger charge is -2.32. The first-order valence-electron chi connectivity index (χ1n) is 9.36. The average molecular weight is 404 g/mol. The second-order valence-electron chi connectivity index (χ2n) is 6.64. The molecule has 1 aliphatic rings. The van der Waals surface area contributed by atoms with E-state index >= 15 is 0 Å². The number of para-hydroxylation sites is 1. The van der Waals surface area contributed by atoms with Gasteiger partial charge in [-0.25, -0.2) is 8.42 Å². The molecule has 150 valence electrons. The molecule has 0 aliphatic carbocycles. The van der Waals surface area contributed by atoms with Crippen LogP contribution in [0.3, 0.4) is 0 Å². The minimum absolute atomic E-state index is 0.121. The summed E-state index contributed by atoms with van der Waals surface area (Å²) in [5.74, 6) is 1.06. The van der Waals surface area contributed by atoms with Crippen molar-refractivity contribution in [3.63, 3.8) is 0 Å². The van der Waals surface area contributed by atoms with Gasteiger partial charge in [0.15, 0.2) is 9.84 Å². The number of piperidine rings is 1. The number of rotatable bonds is 6. The van der Waals surface area contributed by atoms with Gasteiger partial charge in [0.1, 0.15) is 11.5 Å². The van der Waals surface area contributed by atoms with E-state index in [1.165, 1.54) is 0 Å². The van der Waals surface area contributed by atoms with E-state index in [1.54, 1.807) is 54.5 Å². The highest BCUT2D eigenvalue weighted by Gasteiger charge is 2.33. The van der Waals surface area contributed by atoms with Crippen LogP contribution in [0.25, 0.3) is 0 Å². The third-order valence-electron chi connectivity index (χ3n) is 4.97. The predicted octanol–water partition coefficient (Wildman–Crippen LogP) is 3.17. The molecule has 2 aromatic rings. The zero-order valence-electron chi connectivity index (χ0n) is 16.1. The summed E-state index contributed by atoms with van der Waals surface area (Å²) in [6.45, 7) is 3.15. The molecule has 1 aliphatic heterocycles. The van der Waals surface area contributed by atoms with E-state index in [2.05, 4.69) is 0 Å². The van der Waals surface area contributed by atoms with E-state index in [9.17, 15) is 13.2 Å². The Morgan fingerprint density at radius 3 is 2.32 bits per heavy atom. The van der Waals surface area contributed by atoms with E-state index < -0.39 is 15.1 Å². The molecule has 0 bridgehead atoms. The topological polar surface area (TPSA) is 72.9 Å². The SMILES string of the molecule is CCOc1ccccc1C(=O)N1CCC(S(=O)(=O)c2ccc(OC)cc2)CC1. The molecule has 7 heteroatoms. The Balaban J connectivity index is 1.69. The van der Waals surface area contributed by atoms with E-state index in [4.69, 9.17) is 9.47 Å². The summed E-state index contributed by atoms with van der Waals surface area (Å²) in [7, 11) is -1.89. The summed E-state index contributed by atoms with van der Waals surface area (Å²) in [5.41, 5.74) is 0.515. The van der Waals surface area contributed by atoms with Gasteiger partial charge in [-0.2, -0.15) is 0 Å². The standard InChI is InChI=1S/C21H25NO5S/c1-3-27-20-7-5-4-6-19(20)21(23)22-14-12-18(13-15-22)28(24,25)17-10-8-16(26-2)9-11-17/h4-11,18H,3,12-15H2,1-2H3. The molecule has 2 aromatic carbocycles. The Morgan fingerprint density at radius 2 is 1.71 bits per heavy atom. The summed E-state index contributed by atoms with van der Waals surface area (Å²) < 4.78 is 36.5. The molecule has 6 nitrogen and oxygen atoms in total. The third-order valence-corrected chi connectivity index (χ3v) is 7.25. The highest BCUT2D eigenvalue weighted by Crippen LogP contribution is 2.28. The largest absolute Gasteiger partial charge is 0.497 e. The van der Waals surface area contributed by atoms with Crippen LogP contribution in [-0.4, -0.2) is 51.3 Å². The number of hydrogen-bond acceptors (Lipinski definition) is 5. The fourth-order valence-corrected chi connectivity index (χ4v) is 5.15. The molecule has 28 heavy (non-hydrogen) atoms. The van der Waals surface area contributed by atoms with E-state index in [1.807, 2.05) is 13.0 Å². The zero-order valence-corrected chi connectivity index (χ0v) is 16.9. The first-order valence-corrected chi connectivity index (χ1v) is 10.9. The molecule has 1 fully saturated rings. The Bertz CT molecular complexity index is 916. The fraction of sp³-hybridized carbons (Fsp3) is 0.381. The van der Waals surface area contributed by atoms with Crippen molar-refractivity contribution < 1.29 is 22.7 Å². The van der Waals surface area contributed by atoms with Crippen molar-refractivity contribution >= 4 is 15.7 Å². The van der Waals surface area contributed by atoms with Crippen LogP contribution in [0.15, 0.2) is 53.4 Å². The normalized spacial score (nSPS) is 15.3. The molecule has 3 rings (SSSR count). The first kappa shape index (κ1) is 20.2. The summed E-state index contributed by atoms with van der Waals surface area (Å²) in [5, 5.41) is -0.493. The van der Waals surface area contributed by atoms with Crippen LogP contribution < -0.4 is 9.47 Å². The molecular formula is C21H25NO5S. The van der Waals surface area contributed by atoms with Gasteiger partial charge in [0, 0.05) is 13.1 Å². The molecular weight excluding hydrogens is 378 g/mol. The first-order chi connectivity index (χ1) is 13.5. The Hall–Kier alpha value is -2.54. The van der Waals surface area contributed by atoms with Gasteiger partial charge in [-0.15, -0.1) is 0 Å². The number of amides is 1. The van der Waals surface area contributed by atoms with E-state index in [-0.39, 0.29) is 5.91 Å². The van der Waals surface area contributed by atoms with E-state index in [0.29, 0.717) is 54.5 Å². The minimum Gasteiger partial charge on any atom is -0.497 e. The second kappa shape index (κ2) is 8.65. The van der Waals surface area contributed by atoms with E-state index in [0.717, 1.165) is 0 Å². The number of hydrogen-bond donors (Lipinski definition) is 0. The molecule has 1 amide bonds. The minimum atomic E-state index is -3.44. The molecule has 0 spiro atoms. The number of ether oxygens (including phenoxy) is 2. The number of methoxy groups -OCH3 is 1. The lowest BCUT2D eigenvalue weighted by atomic mass is 10.1. The van der Waals surface area contributed by atoms with Crippen LogP contribution in [0, 0.1) is 0 Å². The van der Waals surface area contributed by atoms with Crippen LogP contribution in [0.4, 0.5) is 0 Å². The number of carbonyl (C=O) groups excluding carboxylic acids is 1. The van der Waals surface area contributed by atoms with Crippen molar-refractivity contribution in [2.75, 3.05) is 26.8 Å². The Morgan fingerprint density at radius 1 is 1.07 bits per heavy atom. The van der Waals surface area contributed by atoms with Gasteiger partial charge >= 0.3 is 0 Å². The molecule has 0 radical (unpaired) electrons. The van der Waals surface area contributed by atoms with Gasteiger partial charge in [0.2, 0.25) is 0 Å². The van der Waals surface area contributed by atoms with Crippen LogP contribution in [0.1, 0.15) is 30.1 Å². The lowest BCUT2D eigenvalue weighted by Crippen LogP contribution is -2.42. The van der Waals surface area contributed by atoms with Crippen molar-refractivity contribution in [2.24, 2.45) is 0 Å². The fourth-order valence-electron chi connectivity index (χ4n) is 3.42. The van der Waals surface area contributed by atoms with Crippen LogP contribution >= 0.6 is 0 Å². The second-order valence-corrected chi connectivity index (χ2v) is 8.87. The van der Waals surface area contributed by atoms with Crippen molar-refractivity contribution in [3.05, 3.63) is 54.1 Å². The van der Waals surface area contributed by atoms with Gasteiger partial charge in [-0.3, -0.25) is 4.79 Å². The Labute approximate surface area is 166 Å². The maximum absolute atomic E-state index is 12.9. The molecule has 0 aromatic heterocycles. The van der Waals surface area contributed by atoms with Crippen molar-refractivity contribution in [2.45, 2.75) is 29.9 Å². The number of likely N-dealkylation sites (tertiary alicyclic amines) is 1.